The Morgan fingerprint density at radius 3 is 2.13 bits per heavy atom. The number of unbranched alkanes of at least 4 members (excludes halogenated alkanes) is 5. The molecule has 0 aliphatic heterocycles. The van der Waals surface area contributed by atoms with Crippen molar-refractivity contribution < 1.29 is 37.6 Å². The summed E-state index contributed by atoms with van der Waals surface area (Å²) in [6, 6.07) is 7.32. The van der Waals surface area contributed by atoms with E-state index in [4.69, 9.17) is 24.6 Å². The standard InChI is InChI=1S/C21H37N2O7P/c1-23(2,3)17-20(16-21(24)25)30-31(26,27)29-15-9-7-5-4-6-8-14-28-19-12-10-18(22)11-13-19/h10-13,20H,4-9,14-17,22H2,1-3H3,(H-,24,25,26,27)/p+1. The van der Waals surface area contributed by atoms with Crippen LogP contribution in [0.4, 0.5) is 5.69 Å². The van der Waals surface area contributed by atoms with Crippen LogP contribution >= 0.6 is 7.82 Å². The molecule has 0 saturated carbocycles. The molecule has 10 heteroatoms. The van der Waals surface area contributed by atoms with Crippen molar-refractivity contribution in [1.29, 1.82) is 0 Å². The Labute approximate surface area is 185 Å². The summed E-state index contributed by atoms with van der Waals surface area (Å²) in [7, 11) is 1.27. The molecule has 0 radical (unpaired) electrons. The second kappa shape index (κ2) is 13.7. The molecule has 0 aromatic heterocycles. The Morgan fingerprint density at radius 1 is 1.03 bits per heavy atom. The van der Waals surface area contributed by atoms with Gasteiger partial charge in [0.15, 0.2) is 0 Å². The molecule has 4 N–H and O–H groups in total. The Balaban J connectivity index is 2.12. The summed E-state index contributed by atoms with van der Waals surface area (Å²) in [6.07, 6.45) is 4.28. The van der Waals surface area contributed by atoms with Gasteiger partial charge in [-0.05, 0) is 37.1 Å². The number of ether oxygens (including phenoxy) is 1. The fourth-order valence-electron chi connectivity index (χ4n) is 3.00. The smallest absolute Gasteiger partial charge is 0.472 e. The molecule has 31 heavy (non-hydrogen) atoms. The van der Waals surface area contributed by atoms with Gasteiger partial charge < -0.3 is 25.0 Å². The van der Waals surface area contributed by atoms with Gasteiger partial charge in [-0.3, -0.25) is 13.8 Å². The minimum atomic E-state index is -4.29. The van der Waals surface area contributed by atoms with Crippen molar-refractivity contribution in [3.8, 4) is 5.75 Å². The summed E-state index contributed by atoms with van der Waals surface area (Å²) in [6.45, 7) is 1.03. The molecule has 178 valence electrons. The normalized spacial score (nSPS) is 14.7. The predicted octanol–water partition coefficient (Wildman–Crippen LogP) is 3.67. The highest BCUT2D eigenvalue weighted by molar-refractivity contribution is 7.47. The number of carboxylic acids is 1. The van der Waals surface area contributed by atoms with E-state index in [1.807, 2.05) is 45.4 Å². The molecule has 0 aliphatic carbocycles. The van der Waals surface area contributed by atoms with Gasteiger partial charge in [-0.2, -0.15) is 0 Å². The van der Waals surface area contributed by atoms with Crippen molar-refractivity contribution in [2.75, 3.05) is 46.6 Å². The van der Waals surface area contributed by atoms with Gasteiger partial charge in [0.05, 0.1) is 40.8 Å². The van der Waals surface area contributed by atoms with E-state index in [0.717, 1.165) is 37.9 Å². The highest BCUT2D eigenvalue weighted by Crippen LogP contribution is 2.45. The van der Waals surface area contributed by atoms with Crippen LogP contribution in [0, 0.1) is 0 Å². The summed E-state index contributed by atoms with van der Waals surface area (Å²) < 4.78 is 28.3. The van der Waals surface area contributed by atoms with Crippen LogP contribution in [-0.2, 0) is 18.4 Å². The number of carboxylic acid groups (broad SMARTS) is 1. The third-order valence-electron chi connectivity index (χ3n) is 4.38. The first kappa shape index (κ1) is 27.4. The second-order valence-corrected chi connectivity index (χ2v) is 10.0. The molecule has 0 fully saturated rings. The zero-order valence-corrected chi connectivity index (χ0v) is 19.8. The number of nitrogen functional groups attached to an aromatic ring is 1. The first-order chi connectivity index (χ1) is 14.5. The van der Waals surface area contributed by atoms with Crippen LogP contribution in [0.3, 0.4) is 0 Å². The van der Waals surface area contributed by atoms with Crippen molar-refractivity contribution in [2.45, 2.75) is 51.0 Å². The fourth-order valence-corrected chi connectivity index (χ4v) is 3.94. The predicted molar refractivity (Wildman–Crippen MR) is 120 cm³/mol. The Morgan fingerprint density at radius 2 is 1.58 bits per heavy atom. The number of phosphoric ester groups is 1. The quantitative estimate of drug-likeness (QED) is 0.139. The third-order valence-corrected chi connectivity index (χ3v) is 5.45. The highest BCUT2D eigenvalue weighted by atomic mass is 31.2. The molecular weight excluding hydrogens is 423 g/mol. The minimum Gasteiger partial charge on any atom is -0.494 e. The van der Waals surface area contributed by atoms with Crippen LogP contribution in [0.1, 0.15) is 44.9 Å². The van der Waals surface area contributed by atoms with Crippen LogP contribution in [-0.4, -0.2) is 67.5 Å². The van der Waals surface area contributed by atoms with Gasteiger partial charge in [-0.25, -0.2) is 4.57 Å². The molecule has 0 saturated heterocycles. The maximum atomic E-state index is 12.1. The maximum absolute atomic E-state index is 12.1. The van der Waals surface area contributed by atoms with Gasteiger partial charge in [0, 0.05) is 5.69 Å². The topological polar surface area (TPSA) is 128 Å². The number of aliphatic carboxylic acids is 1. The van der Waals surface area contributed by atoms with Crippen molar-refractivity contribution in [3.05, 3.63) is 24.3 Å². The van der Waals surface area contributed by atoms with E-state index < -0.39 is 19.9 Å². The van der Waals surface area contributed by atoms with E-state index in [0.29, 0.717) is 23.2 Å². The zero-order chi connectivity index (χ0) is 23.3. The molecule has 9 nitrogen and oxygen atoms in total. The number of hydrogen-bond acceptors (Lipinski definition) is 6. The van der Waals surface area contributed by atoms with Gasteiger partial charge in [0.25, 0.3) is 0 Å². The molecule has 0 heterocycles. The Hall–Kier alpha value is -1.64. The second-order valence-electron chi connectivity index (χ2n) is 8.64. The number of carbonyl (C=O) groups is 1. The van der Waals surface area contributed by atoms with E-state index in [-0.39, 0.29) is 19.6 Å². The number of phosphoric acid groups is 1. The van der Waals surface area contributed by atoms with Gasteiger partial charge >= 0.3 is 13.8 Å². The van der Waals surface area contributed by atoms with E-state index in [2.05, 4.69) is 0 Å². The van der Waals surface area contributed by atoms with Crippen molar-refractivity contribution in [1.82, 2.24) is 0 Å². The van der Waals surface area contributed by atoms with Gasteiger partial charge in [0.2, 0.25) is 0 Å². The van der Waals surface area contributed by atoms with E-state index in [1.165, 1.54) is 0 Å². The van der Waals surface area contributed by atoms with Crippen LogP contribution in [0.2, 0.25) is 0 Å². The Bertz CT molecular complexity index is 692. The number of quaternary nitrogens is 1. The van der Waals surface area contributed by atoms with E-state index in [9.17, 15) is 14.3 Å². The first-order valence-electron chi connectivity index (χ1n) is 10.6. The zero-order valence-electron chi connectivity index (χ0n) is 18.9. The number of hydrogen-bond donors (Lipinski definition) is 3. The van der Waals surface area contributed by atoms with Gasteiger partial charge in [-0.1, -0.05) is 25.7 Å². The molecule has 2 atom stereocenters. The highest BCUT2D eigenvalue weighted by Gasteiger charge is 2.31. The van der Waals surface area contributed by atoms with Crippen molar-refractivity contribution in [3.63, 3.8) is 0 Å². The molecule has 0 spiro atoms. The molecule has 0 aliphatic rings. The number of anilines is 1. The van der Waals surface area contributed by atoms with Crippen molar-refractivity contribution in [2.24, 2.45) is 0 Å². The van der Waals surface area contributed by atoms with Gasteiger partial charge in [-0.15, -0.1) is 0 Å². The summed E-state index contributed by atoms with van der Waals surface area (Å²) in [4.78, 5) is 20.9. The Kier molecular flexibility index (Phi) is 12.1. The lowest BCUT2D eigenvalue weighted by atomic mass is 10.1. The van der Waals surface area contributed by atoms with E-state index >= 15 is 0 Å². The van der Waals surface area contributed by atoms with Crippen LogP contribution in [0.25, 0.3) is 0 Å². The summed E-state index contributed by atoms with van der Waals surface area (Å²) in [5.74, 6) is -0.272. The fraction of sp³-hybridized carbons (Fsp3) is 0.667. The maximum Gasteiger partial charge on any atom is 0.472 e. The number of likely N-dealkylation sites (N-methyl/N-ethyl adjacent to an activating group) is 1. The molecule has 0 bridgehead atoms. The number of benzene rings is 1. The largest absolute Gasteiger partial charge is 0.494 e. The number of rotatable bonds is 17. The molecule has 2 unspecified atom stereocenters. The monoisotopic (exact) mass is 461 g/mol. The van der Waals surface area contributed by atoms with Crippen LogP contribution in [0.5, 0.6) is 5.75 Å². The summed E-state index contributed by atoms with van der Waals surface area (Å²) in [5.41, 5.74) is 6.34. The number of nitrogens with zero attached hydrogens (tertiary/aromatic N) is 1. The van der Waals surface area contributed by atoms with E-state index in [1.54, 1.807) is 0 Å². The van der Waals surface area contributed by atoms with Crippen LogP contribution in [0.15, 0.2) is 24.3 Å². The molecule has 0 amide bonds. The lowest BCUT2D eigenvalue weighted by Crippen LogP contribution is -2.42. The summed E-state index contributed by atoms with van der Waals surface area (Å²) >= 11 is 0. The molecule has 1 aromatic rings. The molecule has 1 rings (SSSR count). The van der Waals surface area contributed by atoms with Gasteiger partial charge in [0.1, 0.15) is 18.4 Å². The molecular formula is C21H38N2O7P+. The first-order valence-corrected chi connectivity index (χ1v) is 12.1. The minimum absolute atomic E-state index is 0.0954. The number of nitrogens with two attached hydrogens (primary N) is 1. The lowest BCUT2D eigenvalue weighted by molar-refractivity contribution is -0.873. The summed E-state index contributed by atoms with van der Waals surface area (Å²) in [5, 5.41) is 8.98. The van der Waals surface area contributed by atoms with Crippen molar-refractivity contribution >= 4 is 19.5 Å². The average molecular weight is 462 g/mol. The molecule has 1 aromatic carbocycles. The van der Waals surface area contributed by atoms with Crippen LogP contribution < -0.4 is 10.5 Å². The third kappa shape index (κ3) is 14.9. The average Bonchev–Trinajstić information content (AvgIpc) is 2.62. The lowest BCUT2D eigenvalue weighted by Gasteiger charge is -2.29. The SMILES string of the molecule is C[N+](C)(C)CC(CC(=O)O)OP(=O)(O)OCCCCCCCCOc1ccc(N)cc1.